The first-order valence-electron chi connectivity index (χ1n) is 5.16. The van der Waals surface area contributed by atoms with E-state index in [1.165, 1.54) is 18.2 Å². The molecule has 0 amide bonds. The van der Waals surface area contributed by atoms with Gasteiger partial charge in [-0.2, -0.15) is 8.78 Å². The fraction of sp³-hybridized carbons (Fsp3) is 0.273. The van der Waals surface area contributed by atoms with Crippen molar-refractivity contribution in [2.45, 2.75) is 18.6 Å². The van der Waals surface area contributed by atoms with E-state index in [0.717, 1.165) is 6.07 Å². The maximum Gasteiger partial charge on any atom is 0.390 e. The van der Waals surface area contributed by atoms with Crippen molar-refractivity contribution in [3.63, 3.8) is 0 Å². The van der Waals surface area contributed by atoms with Gasteiger partial charge in [-0.1, -0.05) is 28.1 Å². The van der Waals surface area contributed by atoms with Crippen LogP contribution in [0.25, 0.3) is 0 Å². The van der Waals surface area contributed by atoms with Crippen LogP contribution in [-0.4, -0.2) is 10.00 Å². The van der Waals surface area contributed by atoms with Crippen LogP contribution in [0.1, 0.15) is 23.7 Å². The van der Waals surface area contributed by atoms with Crippen LogP contribution >= 0.6 is 24.2 Å². The highest BCUT2D eigenvalue weighted by Gasteiger charge is 2.37. The Balaban J connectivity index is 3.06. The zero-order valence-electron chi connectivity index (χ0n) is 9.65. The van der Waals surface area contributed by atoms with Gasteiger partial charge >= 0.3 is 14.4 Å². The van der Waals surface area contributed by atoms with Crippen molar-refractivity contribution in [3.05, 3.63) is 46.5 Å². The van der Waals surface area contributed by atoms with Gasteiger partial charge in [0.25, 0.3) is 0 Å². The van der Waals surface area contributed by atoms with E-state index in [1.807, 2.05) is 0 Å². The molecule has 0 aromatic heterocycles. The van der Waals surface area contributed by atoms with Crippen molar-refractivity contribution in [2.24, 2.45) is 0 Å². The predicted molar refractivity (Wildman–Crippen MR) is 70.1 cm³/mol. The molecular weight excluding hydrogens is 345 g/mol. The zero-order chi connectivity index (χ0) is 14.6. The SMILES string of the molecule is C=CCC(O)c1ccc(C(F)(F)O[PH](=O)O)c(Br)c1. The number of benzene rings is 1. The molecule has 0 radical (unpaired) electrons. The Bertz CT molecular complexity index is 496. The molecule has 0 aliphatic heterocycles. The van der Waals surface area contributed by atoms with Gasteiger partial charge in [-0.05, 0) is 24.1 Å². The molecule has 1 rings (SSSR count). The second kappa shape index (κ2) is 6.72. The first-order chi connectivity index (χ1) is 8.77. The summed E-state index contributed by atoms with van der Waals surface area (Å²) in [7, 11) is -3.77. The molecular formula is C11H12BrF2O4P. The third kappa shape index (κ3) is 4.47. The Morgan fingerprint density at radius 3 is 2.68 bits per heavy atom. The molecule has 0 saturated heterocycles. The van der Waals surface area contributed by atoms with Crippen LogP contribution in [0.2, 0.25) is 0 Å². The molecule has 8 heteroatoms. The van der Waals surface area contributed by atoms with Crippen molar-refractivity contribution in [1.29, 1.82) is 0 Å². The maximum absolute atomic E-state index is 13.5. The topological polar surface area (TPSA) is 66.8 Å². The zero-order valence-corrected chi connectivity index (χ0v) is 12.2. The van der Waals surface area contributed by atoms with Gasteiger partial charge in [0.05, 0.1) is 11.7 Å². The lowest BCUT2D eigenvalue weighted by molar-refractivity contribution is -0.186. The highest BCUT2D eigenvalue weighted by atomic mass is 79.9. The fourth-order valence-corrected chi connectivity index (χ4v) is 2.39. The van der Waals surface area contributed by atoms with Crippen LogP contribution in [0.4, 0.5) is 8.78 Å². The standard InChI is InChI=1S/C11H12BrF2O4P/c1-2-3-10(15)7-4-5-8(9(12)6-7)11(13,14)18-19(16)17/h2,4-6,10,15,19H,1,3H2,(H,16,17). The molecule has 106 valence electrons. The van der Waals surface area contributed by atoms with E-state index in [-0.39, 0.29) is 10.9 Å². The number of halogens is 3. The molecule has 1 aromatic carbocycles. The van der Waals surface area contributed by atoms with Crippen LogP contribution in [0, 0.1) is 0 Å². The van der Waals surface area contributed by atoms with Gasteiger partial charge in [-0.3, -0.25) is 4.57 Å². The number of rotatable bonds is 6. The van der Waals surface area contributed by atoms with Crippen molar-refractivity contribution < 1.29 is 27.9 Å². The summed E-state index contributed by atoms with van der Waals surface area (Å²) >= 11 is 2.92. The molecule has 0 aliphatic carbocycles. The van der Waals surface area contributed by atoms with Crippen molar-refractivity contribution >= 4 is 24.2 Å². The van der Waals surface area contributed by atoms with Gasteiger partial charge in [-0.15, -0.1) is 6.58 Å². The first-order valence-corrected chi connectivity index (χ1v) is 7.22. The molecule has 0 heterocycles. The number of aliphatic hydroxyl groups excluding tert-OH is 1. The van der Waals surface area contributed by atoms with Crippen molar-refractivity contribution in [2.75, 3.05) is 0 Å². The second-order valence-electron chi connectivity index (χ2n) is 3.66. The minimum Gasteiger partial charge on any atom is -0.388 e. The fourth-order valence-electron chi connectivity index (χ4n) is 1.43. The van der Waals surface area contributed by atoms with Gasteiger partial charge in [0, 0.05) is 4.47 Å². The van der Waals surface area contributed by atoms with Gasteiger partial charge < -0.3 is 10.00 Å². The van der Waals surface area contributed by atoms with E-state index < -0.39 is 26.0 Å². The average Bonchev–Trinajstić information content (AvgIpc) is 2.26. The summed E-state index contributed by atoms with van der Waals surface area (Å²) in [6.07, 6.45) is -2.95. The van der Waals surface area contributed by atoms with E-state index in [1.54, 1.807) is 0 Å². The van der Waals surface area contributed by atoms with Crippen molar-refractivity contribution in [1.82, 2.24) is 0 Å². The lowest BCUT2D eigenvalue weighted by Gasteiger charge is -2.18. The quantitative estimate of drug-likeness (QED) is 0.604. The molecule has 0 bridgehead atoms. The van der Waals surface area contributed by atoms with Gasteiger partial charge in [0.2, 0.25) is 0 Å². The Morgan fingerprint density at radius 2 is 2.21 bits per heavy atom. The van der Waals surface area contributed by atoms with Crippen LogP contribution in [0.5, 0.6) is 0 Å². The molecule has 0 aliphatic rings. The average molecular weight is 357 g/mol. The predicted octanol–water partition coefficient (Wildman–Crippen LogP) is 3.51. The molecule has 2 atom stereocenters. The van der Waals surface area contributed by atoms with Crippen LogP contribution < -0.4 is 0 Å². The summed E-state index contributed by atoms with van der Waals surface area (Å²) in [5.74, 6) is 0. The summed E-state index contributed by atoms with van der Waals surface area (Å²) in [6.45, 7) is 3.47. The minimum absolute atomic E-state index is 0.0265. The number of aliphatic hydroxyl groups is 1. The Labute approximate surface area is 117 Å². The normalized spacial score (nSPS) is 15.0. The second-order valence-corrected chi connectivity index (χ2v) is 5.25. The summed E-state index contributed by atoms with van der Waals surface area (Å²) < 4.78 is 41.0. The Hall–Kier alpha value is -0.590. The molecule has 4 nitrogen and oxygen atoms in total. The van der Waals surface area contributed by atoms with E-state index in [9.17, 15) is 18.5 Å². The van der Waals surface area contributed by atoms with Crippen LogP contribution in [0.15, 0.2) is 35.3 Å². The summed E-state index contributed by atoms with van der Waals surface area (Å²) in [4.78, 5) is 8.43. The molecule has 0 spiro atoms. The van der Waals surface area contributed by atoms with E-state index in [2.05, 4.69) is 27.0 Å². The van der Waals surface area contributed by atoms with E-state index >= 15 is 0 Å². The van der Waals surface area contributed by atoms with Crippen LogP contribution in [-0.2, 0) is 15.2 Å². The molecule has 1 aromatic rings. The molecule has 19 heavy (non-hydrogen) atoms. The number of alkyl halides is 2. The summed E-state index contributed by atoms with van der Waals surface area (Å²) in [5.41, 5.74) is -0.169. The van der Waals surface area contributed by atoms with Gasteiger partial charge in [0.15, 0.2) is 0 Å². The monoisotopic (exact) mass is 356 g/mol. The smallest absolute Gasteiger partial charge is 0.388 e. The lowest BCUT2D eigenvalue weighted by atomic mass is 10.0. The van der Waals surface area contributed by atoms with Gasteiger partial charge in [-0.25, -0.2) is 4.52 Å². The number of hydrogen-bond acceptors (Lipinski definition) is 3. The van der Waals surface area contributed by atoms with Crippen molar-refractivity contribution in [3.8, 4) is 0 Å². The third-order valence-electron chi connectivity index (χ3n) is 2.30. The van der Waals surface area contributed by atoms with Crippen LogP contribution in [0.3, 0.4) is 0 Å². The van der Waals surface area contributed by atoms with Gasteiger partial charge in [0.1, 0.15) is 0 Å². The maximum atomic E-state index is 13.5. The summed E-state index contributed by atoms with van der Waals surface area (Å²) in [5, 5.41) is 9.69. The minimum atomic E-state index is -3.88. The van der Waals surface area contributed by atoms with E-state index in [0.29, 0.717) is 5.56 Å². The molecule has 0 fully saturated rings. The molecule has 2 unspecified atom stereocenters. The van der Waals surface area contributed by atoms with E-state index in [4.69, 9.17) is 4.89 Å². The highest BCUT2D eigenvalue weighted by molar-refractivity contribution is 9.10. The Kier molecular flexibility index (Phi) is 5.82. The molecule has 2 N–H and O–H groups in total. The molecule has 0 saturated carbocycles. The number of hydrogen-bond donors (Lipinski definition) is 2. The first kappa shape index (κ1) is 16.5. The lowest BCUT2D eigenvalue weighted by Crippen LogP contribution is -2.15. The largest absolute Gasteiger partial charge is 0.390 e. The Morgan fingerprint density at radius 1 is 1.58 bits per heavy atom. The highest BCUT2D eigenvalue weighted by Crippen LogP contribution is 2.41. The third-order valence-corrected chi connectivity index (χ3v) is 3.38. The summed E-state index contributed by atoms with van der Waals surface area (Å²) in [6, 6.07) is 3.62.